The molecule has 32 heavy (non-hydrogen) atoms. The minimum atomic E-state index is -4.77. The third-order valence-corrected chi connectivity index (χ3v) is 5.61. The first-order chi connectivity index (χ1) is 15.2. The SMILES string of the molecule is COCCCn1c(C)cc(C(=O)CSc2nnnn2-c2ccc(OC(F)(F)F)cc2)c1C. The summed E-state index contributed by atoms with van der Waals surface area (Å²) < 4.78 is 49.4. The summed E-state index contributed by atoms with van der Waals surface area (Å²) in [6, 6.07) is 7.01. The first-order valence-electron chi connectivity index (χ1n) is 9.66. The normalized spacial score (nSPS) is 11.7. The van der Waals surface area contributed by atoms with Crippen LogP contribution >= 0.6 is 11.8 Å². The van der Waals surface area contributed by atoms with Crippen LogP contribution in [0.15, 0.2) is 35.5 Å². The predicted octanol–water partition coefficient (Wildman–Crippen LogP) is 3.99. The summed E-state index contributed by atoms with van der Waals surface area (Å²) in [5, 5.41) is 11.7. The van der Waals surface area contributed by atoms with Gasteiger partial charge in [-0.15, -0.1) is 18.3 Å². The molecule has 0 fully saturated rings. The number of hydrogen-bond donors (Lipinski definition) is 0. The number of nitrogens with zero attached hydrogens (tertiary/aromatic N) is 5. The Balaban J connectivity index is 1.67. The molecule has 0 radical (unpaired) electrons. The van der Waals surface area contributed by atoms with Gasteiger partial charge in [-0.05, 0) is 61.0 Å². The Morgan fingerprint density at radius 1 is 1.19 bits per heavy atom. The van der Waals surface area contributed by atoms with Crippen molar-refractivity contribution in [2.75, 3.05) is 19.5 Å². The number of aryl methyl sites for hydroxylation is 1. The highest BCUT2D eigenvalue weighted by Crippen LogP contribution is 2.26. The van der Waals surface area contributed by atoms with E-state index in [9.17, 15) is 18.0 Å². The van der Waals surface area contributed by atoms with Gasteiger partial charge in [-0.1, -0.05) is 11.8 Å². The summed E-state index contributed by atoms with van der Waals surface area (Å²) >= 11 is 1.15. The molecule has 0 amide bonds. The molecule has 0 saturated carbocycles. The van der Waals surface area contributed by atoms with Gasteiger partial charge < -0.3 is 14.0 Å². The van der Waals surface area contributed by atoms with Crippen molar-refractivity contribution < 1.29 is 27.4 Å². The molecule has 0 N–H and O–H groups in total. The van der Waals surface area contributed by atoms with E-state index in [1.165, 1.54) is 28.9 Å². The Labute approximate surface area is 186 Å². The van der Waals surface area contributed by atoms with Gasteiger partial charge in [0.25, 0.3) is 0 Å². The number of methoxy groups -OCH3 is 1. The van der Waals surface area contributed by atoms with Crippen LogP contribution in [-0.2, 0) is 11.3 Å². The van der Waals surface area contributed by atoms with E-state index in [1.807, 2.05) is 19.9 Å². The molecule has 0 aliphatic rings. The second kappa shape index (κ2) is 10.2. The second-order valence-electron chi connectivity index (χ2n) is 6.91. The van der Waals surface area contributed by atoms with E-state index in [-0.39, 0.29) is 17.3 Å². The largest absolute Gasteiger partial charge is 0.573 e. The zero-order valence-electron chi connectivity index (χ0n) is 17.7. The molecule has 0 unspecified atom stereocenters. The Hall–Kier alpha value is -2.86. The maximum atomic E-state index is 12.8. The van der Waals surface area contributed by atoms with Gasteiger partial charge in [0.1, 0.15) is 5.75 Å². The van der Waals surface area contributed by atoms with Crippen molar-refractivity contribution in [3.05, 3.63) is 47.3 Å². The van der Waals surface area contributed by atoms with Crippen molar-refractivity contribution >= 4 is 17.5 Å². The second-order valence-corrected chi connectivity index (χ2v) is 7.85. The van der Waals surface area contributed by atoms with Gasteiger partial charge in [0, 0.05) is 37.2 Å². The van der Waals surface area contributed by atoms with E-state index in [0.29, 0.717) is 23.0 Å². The Morgan fingerprint density at radius 3 is 2.56 bits per heavy atom. The lowest BCUT2D eigenvalue weighted by molar-refractivity contribution is -0.274. The number of tetrazole rings is 1. The molecular formula is C20H22F3N5O3S. The van der Waals surface area contributed by atoms with E-state index < -0.39 is 6.36 Å². The molecule has 3 rings (SSSR count). The number of carbonyl (C=O) groups is 1. The van der Waals surface area contributed by atoms with E-state index in [4.69, 9.17) is 4.74 Å². The smallest absolute Gasteiger partial charge is 0.406 e. The molecule has 2 aromatic heterocycles. The molecule has 2 heterocycles. The fourth-order valence-corrected chi connectivity index (χ4v) is 4.00. The van der Waals surface area contributed by atoms with Crippen molar-refractivity contribution in [1.29, 1.82) is 0 Å². The quantitative estimate of drug-likeness (QED) is 0.252. The topological polar surface area (TPSA) is 84.1 Å². The Bertz CT molecular complexity index is 1060. The summed E-state index contributed by atoms with van der Waals surface area (Å²) in [6.07, 6.45) is -3.92. The summed E-state index contributed by atoms with van der Waals surface area (Å²) in [6.45, 7) is 5.27. The van der Waals surface area contributed by atoms with Crippen molar-refractivity contribution in [2.45, 2.75) is 38.3 Å². The first kappa shape index (κ1) is 23.8. The van der Waals surface area contributed by atoms with Crippen LogP contribution in [-0.4, -0.2) is 56.4 Å². The fraction of sp³-hybridized carbons (Fsp3) is 0.400. The lowest BCUT2D eigenvalue weighted by Gasteiger charge is -2.10. The van der Waals surface area contributed by atoms with Crippen LogP contribution in [0.25, 0.3) is 5.69 Å². The number of ether oxygens (including phenoxy) is 2. The number of halogens is 3. The summed E-state index contributed by atoms with van der Waals surface area (Å²) in [4.78, 5) is 12.8. The van der Waals surface area contributed by atoms with Gasteiger partial charge in [-0.2, -0.15) is 4.68 Å². The number of carbonyl (C=O) groups excluding carboxylic acids is 1. The fourth-order valence-electron chi connectivity index (χ4n) is 3.22. The minimum absolute atomic E-state index is 0.0652. The van der Waals surface area contributed by atoms with Crippen molar-refractivity contribution in [3.63, 3.8) is 0 Å². The monoisotopic (exact) mass is 469 g/mol. The molecule has 172 valence electrons. The van der Waals surface area contributed by atoms with E-state index >= 15 is 0 Å². The first-order valence-corrected chi connectivity index (χ1v) is 10.6. The van der Waals surface area contributed by atoms with Crippen molar-refractivity contribution in [3.8, 4) is 11.4 Å². The molecule has 0 bridgehead atoms. The van der Waals surface area contributed by atoms with Gasteiger partial charge in [0.15, 0.2) is 5.78 Å². The number of ketones is 1. The third-order valence-electron chi connectivity index (χ3n) is 4.69. The van der Waals surface area contributed by atoms with Crippen molar-refractivity contribution in [2.24, 2.45) is 0 Å². The van der Waals surface area contributed by atoms with Crippen LogP contribution in [0.3, 0.4) is 0 Å². The number of alkyl halides is 3. The molecular weight excluding hydrogens is 447 g/mol. The van der Waals surface area contributed by atoms with Crippen LogP contribution in [0, 0.1) is 13.8 Å². The Kier molecular flexibility index (Phi) is 7.56. The summed E-state index contributed by atoms with van der Waals surface area (Å²) in [5.74, 6) is -0.304. The molecule has 0 saturated heterocycles. The third kappa shape index (κ3) is 5.88. The predicted molar refractivity (Wildman–Crippen MR) is 111 cm³/mol. The number of Topliss-reactive ketones (excluding diaryl/α,β-unsaturated/α-hetero) is 1. The van der Waals surface area contributed by atoms with Gasteiger partial charge in [0.2, 0.25) is 5.16 Å². The van der Waals surface area contributed by atoms with Crippen LogP contribution in [0.5, 0.6) is 5.75 Å². The molecule has 12 heteroatoms. The highest BCUT2D eigenvalue weighted by atomic mass is 32.2. The Morgan fingerprint density at radius 2 is 1.91 bits per heavy atom. The molecule has 0 aliphatic carbocycles. The molecule has 0 aliphatic heterocycles. The van der Waals surface area contributed by atoms with Gasteiger partial charge in [-0.3, -0.25) is 4.79 Å². The summed E-state index contributed by atoms with van der Waals surface area (Å²) in [7, 11) is 1.65. The molecule has 1 aromatic carbocycles. The highest BCUT2D eigenvalue weighted by Gasteiger charge is 2.31. The van der Waals surface area contributed by atoms with Crippen LogP contribution in [0.1, 0.15) is 28.2 Å². The van der Waals surface area contributed by atoms with Gasteiger partial charge >= 0.3 is 6.36 Å². The number of benzene rings is 1. The van der Waals surface area contributed by atoms with Crippen LogP contribution in [0.2, 0.25) is 0 Å². The van der Waals surface area contributed by atoms with E-state index in [1.54, 1.807) is 7.11 Å². The van der Waals surface area contributed by atoms with Crippen LogP contribution in [0.4, 0.5) is 13.2 Å². The average molecular weight is 469 g/mol. The van der Waals surface area contributed by atoms with Gasteiger partial charge in [-0.25, -0.2) is 0 Å². The summed E-state index contributed by atoms with van der Waals surface area (Å²) in [5.41, 5.74) is 2.97. The zero-order chi connectivity index (χ0) is 23.3. The lowest BCUT2D eigenvalue weighted by Crippen LogP contribution is -2.17. The van der Waals surface area contributed by atoms with Crippen LogP contribution < -0.4 is 4.74 Å². The van der Waals surface area contributed by atoms with E-state index in [0.717, 1.165) is 36.1 Å². The number of hydrogen-bond acceptors (Lipinski definition) is 7. The van der Waals surface area contributed by atoms with Gasteiger partial charge in [0.05, 0.1) is 11.4 Å². The zero-order valence-corrected chi connectivity index (χ0v) is 18.5. The molecule has 0 atom stereocenters. The molecule has 0 spiro atoms. The standard InChI is InChI=1S/C20H22F3N5O3S/c1-13-11-17(14(2)27(13)9-4-10-30-3)18(29)12-32-19-24-25-26-28(19)15-5-7-16(8-6-15)31-20(21,22)23/h5-8,11H,4,9-10,12H2,1-3H3. The number of rotatable bonds is 10. The van der Waals surface area contributed by atoms with Crippen molar-refractivity contribution in [1.82, 2.24) is 24.8 Å². The van der Waals surface area contributed by atoms with E-state index in [2.05, 4.69) is 24.8 Å². The minimum Gasteiger partial charge on any atom is -0.406 e. The number of thioether (sulfide) groups is 1. The lowest BCUT2D eigenvalue weighted by atomic mass is 10.2. The molecule has 3 aromatic rings. The maximum absolute atomic E-state index is 12.8. The maximum Gasteiger partial charge on any atom is 0.573 e. The molecule has 8 nitrogen and oxygen atoms in total. The average Bonchev–Trinajstić information content (AvgIpc) is 3.31. The number of aromatic nitrogens is 5. The highest BCUT2D eigenvalue weighted by molar-refractivity contribution is 7.99.